The third-order valence-corrected chi connectivity index (χ3v) is 4.59. The topological polar surface area (TPSA) is 90.6 Å². The van der Waals surface area contributed by atoms with E-state index >= 15 is 0 Å². The van der Waals surface area contributed by atoms with Gasteiger partial charge in [-0.15, -0.1) is 0 Å². The molecule has 0 saturated carbocycles. The van der Waals surface area contributed by atoms with Crippen molar-refractivity contribution in [3.63, 3.8) is 0 Å². The highest BCUT2D eigenvalue weighted by molar-refractivity contribution is 5.85. The second-order valence-electron chi connectivity index (χ2n) is 7.35. The molecule has 2 aromatic rings. The number of carbonyl (C=O) groups is 1. The molecule has 1 saturated heterocycles. The summed E-state index contributed by atoms with van der Waals surface area (Å²) in [5.41, 5.74) is 5.92. The molecule has 1 atom stereocenters. The van der Waals surface area contributed by atoms with Crippen LogP contribution < -0.4 is 15.2 Å². The normalized spacial score (nSPS) is 17.5. The van der Waals surface area contributed by atoms with Gasteiger partial charge in [0, 0.05) is 25.2 Å². The van der Waals surface area contributed by atoms with Gasteiger partial charge in [-0.05, 0) is 38.8 Å². The van der Waals surface area contributed by atoms with Crippen LogP contribution in [0.5, 0.6) is 17.4 Å². The zero-order chi connectivity index (χ0) is 19.4. The predicted octanol–water partition coefficient (Wildman–Crippen LogP) is 2.72. The Balaban J connectivity index is 1.76. The number of amides is 1. The monoisotopic (exact) mass is 370 g/mol. The first kappa shape index (κ1) is 19.1. The number of ether oxygens (including phenoxy) is 2. The Morgan fingerprint density at radius 2 is 2.00 bits per heavy atom. The number of likely N-dealkylation sites (tertiary alicyclic amines) is 1. The Kier molecular flexibility index (Phi) is 5.60. The minimum atomic E-state index is -0.873. The second kappa shape index (κ2) is 7.92. The Morgan fingerprint density at radius 3 is 2.70 bits per heavy atom. The van der Waals surface area contributed by atoms with Gasteiger partial charge >= 0.3 is 0 Å². The van der Waals surface area contributed by atoms with Crippen molar-refractivity contribution in [1.29, 1.82) is 0 Å². The third-order valence-electron chi connectivity index (χ3n) is 4.59. The molecule has 2 heterocycles. The third kappa shape index (κ3) is 4.54. The number of nitrogens with zero attached hydrogens (tertiary/aromatic N) is 3. The quantitative estimate of drug-likeness (QED) is 0.870. The van der Waals surface area contributed by atoms with Gasteiger partial charge in [-0.1, -0.05) is 12.1 Å². The molecule has 0 spiro atoms. The number of hydrogen-bond donors (Lipinski definition) is 1. The van der Waals surface area contributed by atoms with E-state index in [0.717, 1.165) is 25.1 Å². The zero-order valence-corrected chi connectivity index (χ0v) is 16.0. The molecule has 2 N–H and O–H groups in total. The van der Waals surface area contributed by atoms with Gasteiger partial charge in [0.25, 0.3) is 0 Å². The molecule has 1 aromatic carbocycles. The average molecular weight is 370 g/mol. The number of methoxy groups -OCH3 is 1. The molecule has 144 valence electrons. The fourth-order valence-electron chi connectivity index (χ4n) is 3.23. The lowest BCUT2D eigenvalue weighted by atomic mass is 9.93. The molecule has 1 aliphatic rings. The molecule has 1 aromatic heterocycles. The summed E-state index contributed by atoms with van der Waals surface area (Å²) in [6.07, 6.45) is 5.17. The first-order valence-corrected chi connectivity index (χ1v) is 9.09. The molecule has 1 amide bonds. The van der Waals surface area contributed by atoms with Crippen molar-refractivity contribution in [2.24, 2.45) is 5.73 Å². The average Bonchev–Trinajstić information content (AvgIpc) is 2.67. The summed E-state index contributed by atoms with van der Waals surface area (Å²) in [6, 6.07) is 7.39. The SMILES string of the molecule is COc1ccccc1Oc1cncc([C@H]2CCCN(C(=O)C(C)(C)N)C2)n1. The molecular weight excluding hydrogens is 344 g/mol. The molecule has 27 heavy (non-hydrogen) atoms. The van der Waals surface area contributed by atoms with E-state index in [0.29, 0.717) is 23.9 Å². The van der Waals surface area contributed by atoms with E-state index in [2.05, 4.69) is 9.97 Å². The Morgan fingerprint density at radius 1 is 1.26 bits per heavy atom. The molecular formula is C20H26N4O3. The minimum absolute atomic E-state index is 0.0402. The maximum atomic E-state index is 12.5. The van der Waals surface area contributed by atoms with Crippen LogP contribution >= 0.6 is 0 Å². The number of carbonyl (C=O) groups excluding carboxylic acids is 1. The molecule has 0 bridgehead atoms. The van der Waals surface area contributed by atoms with E-state index in [1.165, 1.54) is 0 Å². The number of hydrogen-bond acceptors (Lipinski definition) is 6. The van der Waals surface area contributed by atoms with E-state index in [-0.39, 0.29) is 11.8 Å². The summed E-state index contributed by atoms with van der Waals surface area (Å²) in [6.45, 7) is 4.79. The van der Waals surface area contributed by atoms with Gasteiger partial charge in [0.15, 0.2) is 11.5 Å². The van der Waals surface area contributed by atoms with Gasteiger partial charge in [0.1, 0.15) is 0 Å². The minimum Gasteiger partial charge on any atom is -0.493 e. The first-order chi connectivity index (χ1) is 12.9. The van der Waals surface area contributed by atoms with Crippen molar-refractivity contribution in [2.45, 2.75) is 38.1 Å². The lowest BCUT2D eigenvalue weighted by molar-refractivity contribution is -0.137. The molecule has 0 radical (unpaired) electrons. The summed E-state index contributed by atoms with van der Waals surface area (Å²) in [5, 5.41) is 0. The van der Waals surface area contributed by atoms with E-state index in [4.69, 9.17) is 15.2 Å². The van der Waals surface area contributed by atoms with Crippen LogP contribution in [0, 0.1) is 0 Å². The van der Waals surface area contributed by atoms with E-state index in [1.807, 2.05) is 29.2 Å². The number of nitrogens with two attached hydrogens (primary N) is 1. The Bertz CT molecular complexity index is 804. The van der Waals surface area contributed by atoms with Gasteiger partial charge in [-0.3, -0.25) is 9.78 Å². The molecule has 7 nitrogen and oxygen atoms in total. The van der Waals surface area contributed by atoms with Crippen molar-refractivity contribution in [3.8, 4) is 17.4 Å². The van der Waals surface area contributed by atoms with Crippen molar-refractivity contribution in [1.82, 2.24) is 14.9 Å². The molecule has 3 rings (SSSR count). The Labute approximate surface area is 159 Å². The Hall–Kier alpha value is -2.67. The summed E-state index contributed by atoms with van der Waals surface area (Å²) in [4.78, 5) is 23.2. The van der Waals surface area contributed by atoms with Gasteiger partial charge in [-0.25, -0.2) is 4.98 Å². The highest BCUT2D eigenvalue weighted by Crippen LogP contribution is 2.31. The van der Waals surface area contributed by atoms with Crippen molar-refractivity contribution in [3.05, 3.63) is 42.4 Å². The zero-order valence-electron chi connectivity index (χ0n) is 16.0. The largest absolute Gasteiger partial charge is 0.493 e. The lowest BCUT2D eigenvalue weighted by Crippen LogP contribution is -2.53. The lowest BCUT2D eigenvalue weighted by Gasteiger charge is -2.36. The summed E-state index contributed by atoms with van der Waals surface area (Å²) < 4.78 is 11.2. The number of benzene rings is 1. The van der Waals surface area contributed by atoms with Gasteiger partial charge in [-0.2, -0.15) is 0 Å². The standard InChI is InChI=1S/C20H26N4O3/c1-20(2,21)19(25)24-10-6-7-14(13-24)15-11-22-12-18(23-15)27-17-9-5-4-8-16(17)26-3/h4-5,8-9,11-12,14H,6-7,10,13,21H2,1-3H3/t14-/m0/s1. The van der Waals surface area contributed by atoms with Crippen LogP contribution in [0.2, 0.25) is 0 Å². The van der Waals surface area contributed by atoms with E-state index in [1.54, 1.807) is 33.4 Å². The number of para-hydroxylation sites is 2. The molecule has 1 fully saturated rings. The van der Waals surface area contributed by atoms with Crippen LogP contribution in [0.15, 0.2) is 36.7 Å². The molecule has 0 unspecified atom stereocenters. The first-order valence-electron chi connectivity index (χ1n) is 9.09. The van der Waals surface area contributed by atoms with Crippen molar-refractivity contribution < 1.29 is 14.3 Å². The smallest absolute Gasteiger partial charge is 0.242 e. The highest BCUT2D eigenvalue weighted by Gasteiger charge is 2.32. The van der Waals surface area contributed by atoms with Crippen molar-refractivity contribution in [2.75, 3.05) is 20.2 Å². The number of rotatable bonds is 5. The summed E-state index contributed by atoms with van der Waals surface area (Å²) in [7, 11) is 1.59. The number of piperidine rings is 1. The highest BCUT2D eigenvalue weighted by atomic mass is 16.5. The predicted molar refractivity (Wildman–Crippen MR) is 102 cm³/mol. The summed E-state index contributed by atoms with van der Waals surface area (Å²) >= 11 is 0. The van der Waals surface area contributed by atoms with Crippen LogP contribution in [0.1, 0.15) is 38.3 Å². The van der Waals surface area contributed by atoms with Crippen LogP contribution in [-0.2, 0) is 4.79 Å². The maximum absolute atomic E-state index is 12.5. The second-order valence-corrected chi connectivity index (χ2v) is 7.35. The summed E-state index contributed by atoms with van der Waals surface area (Å²) in [5.74, 6) is 1.68. The van der Waals surface area contributed by atoms with Gasteiger partial charge in [0.2, 0.25) is 11.8 Å². The molecule has 0 aliphatic carbocycles. The van der Waals surface area contributed by atoms with E-state index < -0.39 is 5.54 Å². The van der Waals surface area contributed by atoms with Gasteiger partial charge < -0.3 is 20.1 Å². The van der Waals surface area contributed by atoms with Crippen molar-refractivity contribution >= 4 is 5.91 Å². The van der Waals surface area contributed by atoms with Gasteiger partial charge in [0.05, 0.1) is 24.5 Å². The maximum Gasteiger partial charge on any atom is 0.242 e. The fourth-order valence-corrected chi connectivity index (χ4v) is 3.23. The van der Waals surface area contributed by atoms with Crippen LogP contribution in [0.25, 0.3) is 0 Å². The van der Waals surface area contributed by atoms with Crippen LogP contribution in [0.4, 0.5) is 0 Å². The molecule has 1 aliphatic heterocycles. The van der Waals surface area contributed by atoms with Crippen LogP contribution in [0.3, 0.4) is 0 Å². The molecule has 7 heteroatoms. The van der Waals surface area contributed by atoms with E-state index in [9.17, 15) is 4.79 Å². The fraction of sp³-hybridized carbons (Fsp3) is 0.450. The number of aromatic nitrogens is 2. The van der Waals surface area contributed by atoms with Crippen LogP contribution in [-0.4, -0.2) is 46.5 Å².